The fraction of sp³-hybridized carbons (Fsp3) is 0.154. The van der Waals surface area contributed by atoms with Crippen LogP contribution in [0.3, 0.4) is 0 Å². The van der Waals surface area contributed by atoms with E-state index in [0.717, 1.165) is 21.1 Å². The van der Waals surface area contributed by atoms with Gasteiger partial charge in [-0.3, -0.25) is 0 Å². The highest BCUT2D eigenvalue weighted by atomic mass is 79.9. The number of rotatable bonds is 3. The minimum Gasteiger partial charge on any atom is -0.396 e. The van der Waals surface area contributed by atoms with Gasteiger partial charge in [0.1, 0.15) is 0 Å². The van der Waals surface area contributed by atoms with E-state index in [1.807, 2.05) is 18.2 Å². The third-order valence-corrected chi connectivity index (χ3v) is 3.51. The van der Waals surface area contributed by atoms with Crippen molar-refractivity contribution in [3.8, 4) is 0 Å². The van der Waals surface area contributed by atoms with E-state index in [1.54, 1.807) is 6.20 Å². The van der Waals surface area contributed by atoms with Gasteiger partial charge in [-0.15, -0.1) is 0 Å². The first-order valence-corrected chi connectivity index (χ1v) is 7.15. The highest BCUT2D eigenvalue weighted by Crippen LogP contribution is 2.27. The van der Waals surface area contributed by atoms with Crippen LogP contribution in [-0.4, -0.2) is 4.98 Å². The summed E-state index contributed by atoms with van der Waals surface area (Å²) in [5, 5.41) is 3.27. The summed E-state index contributed by atoms with van der Waals surface area (Å²) in [7, 11) is 0. The Morgan fingerprint density at radius 1 is 1.22 bits per heavy atom. The summed E-state index contributed by atoms with van der Waals surface area (Å²) in [6.45, 7) is 2.12. The third kappa shape index (κ3) is 3.03. The molecule has 0 atom stereocenters. The molecule has 0 bridgehead atoms. The van der Waals surface area contributed by atoms with Gasteiger partial charge in [-0.05, 0) is 52.2 Å². The number of nitrogen functional groups attached to an aromatic ring is 1. The van der Waals surface area contributed by atoms with Crippen LogP contribution in [0.1, 0.15) is 12.5 Å². The molecule has 18 heavy (non-hydrogen) atoms. The van der Waals surface area contributed by atoms with Gasteiger partial charge in [0.05, 0.1) is 5.69 Å². The van der Waals surface area contributed by atoms with Crippen molar-refractivity contribution in [3.63, 3.8) is 0 Å². The van der Waals surface area contributed by atoms with Crippen LogP contribution in [0.25, 0.3) is 0 Å². The largest absolute Gasteiger partial charge is 0.396 e. The van der Waals surface area contributed by atoms with Crippen molar-refractivity contribution >= 4 is 49.1 Å². The molecule has 0 amide bonds. The summed E-state index contributed by atoms with van der Waals surface area (Å²) in [5.41, 5.74) is 8.79. The number of pyridine rings is 1. The summed E-state index contributed by atoms with van der Waals surface area (Å²) in [5.74, 6) is 0.676. The molecule has 0 aliphatic rings. The van der Waals surface area contributed by atoms with Crippen molar-refractivity contribution in [2.45, 2.75) is 13.3 Å². The lowest BCUT2D eigenvalue weighted by Gasteiger charge is -2.12. The molecule has 2 rings (SSSR count). The second-order valence-corrected chi connectivity index (χ2v) is 5.70. The van der Waals surface area contributed by atoms with Gasteiger partial charge >= 0.3 is 0 Å². The molecule has 3 N–H and O–H groups in total. The maximum atomic E-state index is 5.93. The molecule has 0 unspecified atom stereocenters. The van der Waals surface area contributed by atoms with Crippen molar-refractivity contribution in [3.05, 3.63) is 45.0 Å². The van der Waals surface area contributed by atoms with E-state index in [2.05, 4.69) is 55.2 Å². The smallest absolute Gasteiger partial charge is 0.153 e. The Hall–Kier alpha value is -1.07. The zero-order valence-electron chi connectivity index (χ0n) is 9.87. The Bertz CT molecular complexity index is 570. The molecule has 0 aliphatic heterocycles. The molecule has 0 saturated heterocycles. The van der Waals surface area contributed by atoms with E-state index in [4.69, 9.17) is 5.73 Å². The standard InChI is InChI=1S/C13H13Br2N3/c1-2-8-5-9(14)3-4-12(8)18-13-11(16)6-10(15)7-17-13/h3-7H,2,16H2,1H3,(H,17,18). The van der Waals surface area contributed by atoms with Crippen LogP contribution in [0.4, 0.5) is 17.2 Å². The molecule has 1 heterocycles. The molecule has 3 nitrogen and oxygen atoms in total. The summed E-state index contributed by atoms with van der Waals surface area (Å²) in [6.07, 6.45) is 2.67. The van der Waals surface area contributed by atoms with Crippen LogP contribution < -0.4 is 11.1 Å². The molecule has 0 saturated carbocycles. The van der Waals surface area contributed by atoms with Crippen molar-refractivity contribution in [2.75, 3.05) is 11.1 Å². The van der Waals surface area contributed by atoms with Crippen LogP contribution in [0.15, 0.2) is 39.4 Å². The molecule has 0 aliphatic carbocycles. The lowest BCUT2D eigenvalue weighted by atomic mass is 10.1. The molecule has 0 spiro atoms. The number of nitrogens with two attached hydrogens (primary N) is 1. The number of hydrogen-bond acceptors (Lipinski definition) is 3. The number of nitrogens with one attached hydrogen (secondary N) is 1. The number of halogens is 2. The minimum absolute atomic E-state index is 0.620. The first-order chi connectivity index (χ1) is 8.60. The van der Waals surface area contributed by atoms with E-state index in [1.165, 1.54) is 5.56 Å². The molecule has 1 aromatic heterocycles. The number of aromatic nitrogens is 1. The minimum atomic E-state index is 0.620. The van der Waals surface area contributed by atoms with E-state index < -0.39 is 0 Å². The molecule has 5 heteroatoms. The topological polar surface area (TPSA) is 50.9 Å². The van der Waals surface area contributed by atoms with Crippen molar-refractivity contribution < 1.29 is 0 Å². The molecular weight excluding hydrogens is 358 g/mol. The number of aryl methyl sites for hydroxylation is 1. The molecule has 1 aromatic carbocycles. The first kappa shape index (κ1) is 13.4. The Kier molecular flexibility index (Phi) is 4.24. The number of anilines is 3. The summed E-state index contributed by atoms with van der Waals surface area (Å²) >= 11 is 6.82. The van der Waals surface area contributed by atoms with Crippen LogP contribution in [0.5, 0.6) is 0 Å². The molecular formula is C13H13Br2N3. The van der Waals surface area contributed by atoms with Crippen LogP contribution in [-0.2, 0) is 6.42 Å². The van der Waals surface area contributed by atoms with Gasteiger partial charge in [-0.2, -0.15) is 0 Å². The quantitative estimate of drug-likeness (QED) is 0.836. The highest BCUT2D eigenvalue weighted by Gasteiger charge is 2.06. The average molecular weight is 371 g/mol. The maximum Gasteiger partial charge on any atom is 0.153 e. The van der Waals surface area contributed by atoms with E-state index in [0.29, 0.717) is 11.5 Å². The summed E-state index contributed by atoms with van der Waals surface area (Å²) < 4.78 is 1.94. The van der Waals surface area contributed by atoms with E-state index in [-0.39, 0.29) is 0 Å². The lowest BCUT2D eigenvalue weighted by Crippen LogP contribution is -2.01. The molecule has 0 radical (unpaired) electrons. The van der Waals surface area contributed by atoms with Crippen molar-refractivity contribution in [1.29, 1.82) is 0 Å². The van der Waals surface area contributed by atoms with Gasteiger partial charge in [-0.25, -0.2) is 4.98 Å². The van der Waals surface area contributed by atoms with Crippen molar-refractivity contribution in [1.82, 2.24) is 4.98 Å². The Labute approximate surface area is 123 Å². The second-order valence-electron chi connectivity index (χ2n) is 3.87. The molecule has 0 fully saturated rings. The second kappa shape index (κ2) is 5.71. The van der Waals surface area contributed by atoms with Gasteiger partial charge in [0.25, 0.3) is 0 Å². The van der Waals surface area contributed by atoms with Gasteiger partial charge < -0.3 is 11.1 Å². The summed E-state index contributed by atoms with van der Waals surface area (Å²) in [4.78, 5) is 4.28. The van der Waals surface area contributed by atoms with Gasteiger partial charge in [0.15, 0.2) is 5.82 Å². The Morgan fingerprint density at radius 3 is 2.67 bits per heavy atom. The monoisotopic (exact) mass is 369 g/mol. The number of benzene rings is 1. The Morgan fingerprint density at radius 2 is 2.00 bits per heavy atom. The highest BCUT2D eigenvalue weighted by molar-refractivity contribution is 9.10. The normalized spacial score (nSPS) is 10.4. The van der Waals surface area contributed by atoms with Gasteiger partial charge in [0, 0.05) is 20.8 Å². The van der Waals surface area contributed by atoms with Crippen molar-refractivity contribution in [2.24, 2.45) is 0 Å². The van der Waals surface area contributed by atoms with Crippen LogP contribution >= 0.6 is 31.9 Å². The molecule has 94 valence electrons. The average Bonchev–Trinajstić information content (AvgIpc) is 2.34. The SMILES string of the molecule is CCc1cc(Br)ccc1Nc1ncc(Br)cc1N. The zero-order chi connectivity index (χ0) is 13.1. The first-order valence-electron chi connectivity index (χ1n) is 5.56. The van der Waals surface area contributed by atoms with E-state index >= 15 is 0 Å². The fourth-order valence-corrected chi connectivity index (χ4v) is 2.42. The predicted molar refractivity (Wildman–Crippen MR) is 83.2 cm³/mol. The fourth-order valence-electron chi connectivity index (χ4n) is 1.66. The Balaban J connectivity index is 2.33. The molecule has 2 aromatic rings. The number of hydrogen-bond donors (Lipinski definition) is 2. The summed E-state index contributed by atoms with van der Waals surface area (Å²) in [6, 6.07) is 7.94. The van der Waals surface area contributed by atoms with Gasteiger partial charge in [0.2, 0.25) is 0 Å². The third-order valence-electron chi connectivity index (χ3n) is 2.59. The maximum absolute atomic E-state index is 5.93. The van der Waals surface area contributed by atoms with E-state index in [9.17, 15) is 0 Å². The predicted octanol–water partition coefficient (Wildman–Crippen LogP) is 4.49. The van der Waals surface area contributed by atoms with Crippen LogP contribution in [0.2, 0.25) is 0 Å². The number of nitrogens with zero attached hydrogens (tertiary/aromatic N) is 1. The zero-order valence-corrected chi connectivity index (χ0v) is 13.0. The lowest BCUT2D eigenvalue weighted by molar-refractivity contribution is 1.13. The van der Waals surface area contributed by atoms with Crippen LogP contribution in [0, 0.1) is 0 Å². The van der Waals surface area contributed by atoms with Gasteiger partial charge in [-0.1, -0.05) is 22.9 Å².